The van der Waals surface area contributed by atoms with E-state index in [1.54, 1.807) is 0 Å². The van der Waals surface area contributed by atoms with Crippen molar-refractivity contribution < 1.29 is 4.57 Å². The van der Waals surface area contributed by atoms with Crippen LogP contribution in [0.2, 0.25) is 0 Å². The summed E-state index contributed by atoms with van der Waals surface area (Å²) in [5.74, 6) is 0. The molecule has 72 valence electrons. The van der Waals surface area contributed by atoms with E-state index in [9.17, 15) is 0 Å². The molecule has 0 radical (unpaired) electrons. The first-order valence-electron chi connectivity index (χ1n) is 4.74. The van der Waals surface area contributed by atoms with Crippen LogP contribution < -0.4 is 4.57 Å². The number of nitrogens with zero attached hydrogens (tertiary/aromatic N) is 1. The monoisotopic (exact) mass is 204 g/mol. The molecule has 0 saturated carbocycles. The normalized spacial score (nSPS) is 10.5. The van der Waals surface area contributed by atoms with Gasteiger partial charge in [-0.25, -0.2) is 0 Å². The molecule has 0 unspecified atom stereocenters. The fourth-order valence-electron chi connectivity index (χ4n) is 1.69. The highest BCUT2D eigenvalue weighted by Gasteiger charge is 2.19. The van der Waals surface area contributed by atoms with Gasteiger partial charge in [0, 0.05) is 26.0 Å². The zero-order chi connectivity index (χ0) is 10.1. The first-order valence-corrected chi connectivity index (χ1v) is 5.56. The van der Waals surface area contributed by atoms with Gasteiger partial charge in [0.25, 0.3) is 0 Å². The Morgan fingerprint density at radius 2 is 1.64 bits per heavy atom. The van der Waals surface area contributed by atoms with E-state index in [-0.39, 0.29) is 0 Å². The Balaban J connectivity index is 2.62. The third-order valence-electron chi connectivity index (χ3n) is 2.48. The average Bonchev–Trinajstić information content (AvgIpc) is 2.43. The molecule has 0 atom stereocenters. The van der Waals surface area contributed by atoms with Crippen molar-refractivity contribution in [1.82, 2.24) is 0 Å². The van der Waals surface area contributed by atoms with Crippen LogP contribution in [0.3, 0.4) is 0 Å². The molecule has 0 aliphatic carbocycles. The van der Waals surface area contributed by atoms with E-state index in [0.717, 1.165) is 0 Å². The van der Waals surface area contributed by atoms with E-state index in [1.165, 1.54) is 21.3 Å². The van der Waals surface area contributed by atoms with Crippen molar-refractivity contribution in [3.63, 3.8) is 0 Å². The lowest BCUT2D eigenvalue weighted by Gasteiger charge is -1.95. The van der Waals surface area contributed by atoms with Gasteiger partial charge in [-0.15, -0.1) is 0 Å². The van der Waals surface area contributed by atoms with Gasteiger partial charge in [0.2, 0.25) is 10.7 Å². The summed E-state index contributed by atoms with van der Waals surface area (Å²) in [4.78, 5) is 1.39. The lowest BCUT2D eigenvalue weighted by molar-refractivity contribution is -0.603. The van der Waals surface area contributed by atoms with Crippen LogP contribution in [0.4, 0.5) is 0 Å². The maximum absolute atomic E-state index is 2.31. The van der Waals surface area contributed by atoms with Gasteiger partial charge in [-0.3, -0.25) is 0 Å². The van der Waals surface area contributed by atoms with E-state index >= 15 is 0 Å². The molecule has 0 amide bonds. The lowest BCUT2D eigenvalue weighted by atomic mass is 10.3. The second kappa shape index (κ2) is 3.54. The molecule has 1 nitrogen and oxygen atoms in total. The van der Waals surface area contributed by atoms with Gasteiger partial charge in [-0.1, -0.05) is 29.5 Å². The number of rotatable bonds is 1. The molecule has 1 heterocycles. The number of para-hydroxylation sites is 1. The minimum absolute atomic E-state index is 1.26. The molecule has 0 fully saturated rings. The van der Waals surface area contributed by atoms with Crippen molar-refractivity contribution in [3.05, 3.63) is 45.9 Å². The van der Waals surface area contributed by atoms with Crippen LogP contribution >= 0.6 is 11.3 Å². The molecule has 0 aliphatic rings. The summed E-state index contributed by atoms with van der Waals surface area (Å²) < 4.78 is 2.31. The molecule has 2 rings (SSSR count). The van der Waals surface area contributed by atoms with Crippen molar-refractivity contribution in [3.8, 4) is 5.69 Å². The number of benzene rings is 1. The first kappa shape index (κ1) is 9.41. The van der Waals surface area contributed by atoms with Crippen LogP contribution in [0.1, 0.15) is 15.6 Å². The first-order chi connectivity index (χ1) is 6.70. The predicted octanol–water partition coefficient (Wildman–Crippen LogP) is 2.95. The molecule has 0 bridgehead atoms. The Labute approximate surface area is 88.7 Å². The van der Waals surface area contributed by atoms with Crippen LogP contribution in [0.25, 0.3) is 5.69 Å². The quantitative estimate of drug-likeness (QED) is 0.629. The van der Waals surface area contributed by atoms with Gasteiger partial charge in [0.15, 0.2) is 5.69 Å². The van der Waals surface area contributed by atoms with E-state index in [2.05, 4.69) is 49.6 Å². The van der Waals surface area contributed by atoms with Gasteiger partial charge < -0.3 is 0 Å². The van der Waals surface area contributed by atoms with Crippen molar-refractivity contribution in [2.45, 2.75) is 20.8 Å². The highest BCUT2D eigenvalue weighted by Crippen LogP contribution is 2.16. The van der Waals surface area contributed by atoms with E-state index in [0.29, 0.717) is 0 Å². The molecule has 1 aromatic carbocycles. The number of hydrogen-bond donors (Lipinski definition) is 0. The summed E-state index contributed by atoms with van der Waals surface area (Å²) in [5.41, 5.74) is 2.60. The number of hydrogen-bond acceptors (Lipinski definition) is 1. The molecular formula is C12H14NS+. The number of aryl methyl sites for hydroxylation is 2. The maximum atomic E-state index is 2.31. The Bertz CT molecular complexity index is 443. The van der Waals surface area contributed by atoms with Gasteiger partial charge in [-0.2, -0.15) is 4.57 Å². The summed E-state index contributed by atoms with van der Waals surface area (Å²) in [6.07, 6.45) is 0. The summed E-state index contributed by atoms with van der Waals surface area (Å²) in [7, 11) is 0. The van der Waals surface area contributed by atoms with Crippen molar-refractivity contribution >= 4 is 11.3 Å². The molecule has 0 aliphatic heterocycles. The van der Waals surface area contributed by atoms with Crippen LogP contribution in [0.15, 0.2) is 30.3 Å². The second-order valence-electron chi connectivity index (χ2n) is 3.43. The largest absolute Gasteiger partial charge is 0.240 e. The maximum Gasteiger partial charge on any atom is 0.240 e. The zero-order valence-electron chi connectivity index (χ0n) is 8.74. The lowest BCUT2D eigenvalue weighted by Crippen LogP contribution is -2.34. The molecule has 2 aromatic rings. The minimum atomic E-state index is 1.26. The smallest absolute Gasteiger partial charge is 0.152 e. The standard InChI is InChI=1S/C12H14NS/c1-9-10(2)14-11(3)13(9)12-7-5-4-6-8-12/h4-8H,1-3H3/q+1. The van der Waals surface area contributed by atoms with Gasteiger partial charge in [0.1, 0.15) is 0 Å². The molecule has 0 spiro atoms. The van der Waals surface area contributed by atoms with Crippen molar-refractivity contribution in [2.24, 2.45) is 0 Å². The summed E-state index contributed by atoms with van der Waals surface area (Å²) >= 11 is 1.85. The molecule has 0 N–H and O–H groups in total. The van der Waals surface area contributed by atoms with Gasteiger partial charge >= 0.3 is 0 Å². The molecule has 0 saturated heterocycles. The molecule has 1 aromatic heterocycles. The summed E-state index contributed by atoms with van der Waals surface area (Å²) in [6.45, 7) is 6.51. The van der Waals surface area contributed by atoms with E-state index in [1.807, 2.05) is 17.4 Å². The van der Waals surface area contributed by atoms with Gasteiger partial charge in [0.05, 0.1) is 4.88 Å². The summed E-state index contributed by atoms with van der Waals surface area (Å²) in [6, 6.07) is 10.5. The molecule has 14 heavy (non-hydrogen) atoms. The number of thiazole rings is 1. The zero-order valence-corrected chi connectivity index (χ0v) is 9.56. The van der Waals surface area contributed by atoms with E-state index < -0.39 is 0 Å². The Morgan fingerprint density at radius 3 is 2.14 bits per heavy atom. The number of aromatic nitrogens is 1. The fraction of sp³-hybridized carbons (Fsp3) is 0.250. The molecular weight excluding hydrogens is 190 g/mol. The van der Waals surface area contributed by atoms with Gasteiger partial charge in [-0.05, 0) is 6.92 Å². The highest BCUT2D eigenvalue weighted by atomic mass is 32.1. The SMILES string of the molecule is Cc1sc(C)[n+](-c2ccccc2)c1C. The minimum Gasteiger partial charge on any atom is -0.152 e. The predicted molar refractivity (Wildman–Crippen MR) is 60.1 cm³/mol. The Kier molecular flexibility index (Phi) is 2.38. The van der Waals surface area contributed by atoms with Crippen molar-refractivity contribution in [2.75, 3.05) is 0 Å². The third-order valence-corrected chi connectivity index (χ3v) is 3.55. The van der Waals surface area contributed by atoms with Crippen molar-refractivity contribution in [1.29, 1.82) is 0 Å². The third kappa shape index (κ3) is 1.46. The Hall–Kier alpha value is -1.15. The van der Waals surface area contributed by atoms with Crippen LogP contribution in [-0.2, 0) is 0 Å². The average molecular weight is 204 g/mol. The highest BCUT2D eigenvalue weighted by molar-refractivity contribution is 7.11. The van der Waals surface area contributed by atoms with Crippen LogP contribution in [0.5, 0.6) is 0 Å². The topological polar surface area (TPSA) is 3.88 Å². The summed E-state index contributed by atoms with van der Waals surface area (Å²) in [5, 5.41) is 1.34. The van der Waals surface area contributed by atoms with Crippen LogP contribution in [-0.4, -0.2) is 0 Å². The van der Waals surface area contributed by atoms with E-state index in [4.69, 9.17) is 0 Å². The fourth-order valence-corrected chi connectivity index (χ4v) is 2.70. The Morgan fingerprint density at radius 1 is 1.00 bits per heavy atom. The molecule has 2 heteroatoms. The van der Waals surface area contributed by atoms with Crippen LogP contribution in [0, 0.1) is 20.8 Å². The second-order valence-corrected chi connectivity index (χ2v) is 4.84.